The van der Waals surface area contributed by atoms with Crippen molar-refractivity contribution in [1.29, 1.82) is 0 Å². The Morgan fingerprint density at radius 3 is 1.57 bits per heavy atom. The lowest BCUT2D eigenvalue weighted by molar-refractivity contribution is -0.870. The second kappa shape index (κ2) is 36.4. The van der Waals surface area contributed by atoms with Gasteiger partial charge in [0.05, 0.1) is 27.7 Å². The highest BCUT2D eigenvalue weighted by Crippen LogP contribution is 2.38. The first kappa shape index (κ1) is 51.7. The molecule has 54 heavy (non-hydrogen) atoms. The molecule has 0 N–H and O–H groups in total. The summed E-state index contributed by atoms with van der Waals surface area (Å²) in [6.07, 6.45) is 42.4. The molecule has 9 nitrogen and oxygen atoms in total. The van der Waals surface area contributed by atoms with Crippen LogP contribution in [-0.2, 0) is 32.7 Å². The van der Waals surface area contributed by atoms with E-state index >= 15 is 0 Å². The quantitative estimate of drug-likeness (QED) is 0.0201. The summed E-state index contributed by atoms with van der Waals surface area (Å²) in [6.45, 7) is 4.00. The summed E-state index contributed by atoms with van der Waals surface area (Å²) in [7, 11) is 1.14. The van der Waals surface area contributed by atoms with Crippen molar-refractivity contribution >= 4 is 19.8 Å². The van der Waals surface area contributed by atoms with Gasteiger partial charge >= 0.3 is 11.9 Å². The number of phosphoric acid groups is 1. The minimum Gasteiger partial charge on any atom is -0.756 e. The Labute approximate surface area is 330 Å². The molecule has 0 aromatic rings. The van der Waals surface area contributed by atoms with Crippen molar-refractivity contribution in [2.75, 3.05) is 47.5 Å². The molecule has 2 unspecified atom stereocenters. The number of rotatable bonds is 37. The number of hydrogen-bond donors (Lipinski definition) is 0. The van der Waals surface area contributed by atoms with Crippen LogP contribution in [0.25, 0.3) is 0 Å². The number of hydrogen-bond acceptors (Lipinski definition) is 8. The summed E-state index contributed by atoms with van der Waals surface area (Å²) >= 11 is 0. The van der Waals surface area contributed by atoms with Gasteiger partial charge in [0.25, 0.3) is 7.82 Å². The number of allylic oxidation sites excluding steroid dienone is 10. The van der Waals surface area contributed by atoms with Crippen LogP contribution in [-0.4, -0.2) is 70.0 Å². The molecule has 0 heterocycles. The molecule has 0 fully saturated rings. The zero-order valence-electron chi connectivity index (χ0n) is 34.9. The van der Waals surface area contributed by atoms with Crippen LogP contribution in [0.2, 0.25) is 0 Å². The molecule has 312 valence electrons. The molecule has 10 heteroatoms. The van der Waals surface area contributed by atoms with Crippen LogP contribution in [0.5, 0.6) is 0 Å². The molecule has 0 amide bonds. The maximum atomic E-state index is 12.7. The van der Waals surface area contributed by atoms with Crippen LogP contribution in [0.4, 0.5) is 0 Å². The first-order valence-corrected chi connectivity index (χ1v) is 22.5. The molecule has 0 radical (unpaired) electrons. The smallest absolute Gasteiger partial charge is 0.306 e. The Balaban J connectivity index is 4.42. The summed E-state index contributed by atoms with van der Waals surface area (Å²) in [5, 5.41) is 0. The monoisotopic (exact) mass is 780 g/mol. The zero-order chi connectivity index (χ0) is 40.0. The summed E-state index contributed by atoms with van der Waals surface area (Å²) in [4.78, 5) is 37.5. The van der Waals surface area contributed by atoms with Gasteiger partial charge in [-0.1, -0.05) is 132 Å². The average molecular weight is 780 g/mol. The molecule has 0 saturated carbocycles. The van der Waals surface area contributed by atoms with Crippen LogP contribution >= 0.6 is 7.82 Å². The molecule has 0 saturated heterocycles. The number of nitrogens with zero attached hydrogens (tertiary/aromatic N) is 1. The van der Waals surface area contributed by atoms with E-state index < -0.39 is 32.5 Å². The Morgan fingerprint density at radius 1 is 0.593 bits per heavy atom. The topological polar surface area (TPSA) is 111 Å². The zero-order valence-corrected chi connectivity index (χ0v) is 35.8. The van der Waals surface area contributed by atoms with Gasteiger partial charge in [0.15, 0.2) is 6.10 Å². The highest BCUT2D eigenvalue weighted by molar-refractivity contribution is 7.45. The fourth-order valence-electron chi connectivity index (χ4n) is 5.23. The van der Waals surface area contributed by atoms with Crippen LogP contribution in [0, 0.1) is 0 Å². The summed E-state index contributed by atoms with van der Waals surface area (Å²) < 4.78 is 33.8. The van der Waals surface area contributed by atoms with E-state index in [9.17, 15) is 19.0 Å². The molecule has 0 bridgehead atoms. The van der Waals surface area contributed by atoms with Gasteiger partial charge in [-0.2, -0.15) is 0 Å². The van der Waals surface area contributed by atoms with Gasteiger partial charge in [-0.3, -0.25) is 14.2 Å². The number of likely N-dealkylation sites (N-methyl/N-ethyl adjacent to an activating group) is 1. The lowest BCUT2D eigenvalue weighted by atomic mass is 10.1. The van der Waals surface area contributed by atoms with Crippen molar-refractivity contribution in [3.8, 4) is 0 Å². The van der Waals surface area contributed by atoms with Crippen molar-refractivity contribution in [2.45, 2.75) is 161 Å². The van der Waals surface area contributed by atoms with Gasteiger partial charge in [0.1, 0.15) is 19.8 Å². The highest BCUT2D eigenvalue weighted by Gasteiger charge is 2.21. The summed E-state index contributed by atoms with van der Waals surface area (Å²) in [6, 6.07) is 0. The molecule has 0 aliphatic carbocycles. The van der Waals surface area contributed by atoms with E-state index in [0.717, 1.165) is 89.9 Å². The second-order valence-electron chi connectivity index (χ2n) is 15.0. The normalized spacial score (nSPS) is 14.3. The number of unbranched alkanes of at least 4 members (excludes halogenated alkanes) is 13. The Bertz CT molecular complexity index is 1110. The van der Waals surface area contributed by atoms with Crippen LogP contribution < -0.4 is 4.89 Å². The molecular weight excluding hydrogens is 701 g/mol. The maximum Gasteiger partial charge on any atom is 0.306 e. The molecule has 0 aromatic carbocycles. The molecule has 0 spiro atoms. The van der Waals surface area contributed by atoms with Crippen LogP contribution in [0.3, 0.4) is 0 Å². The van der Waals surface area contributed by atoms with Crippen molar-refractivity contribution < 1.29 is 42.1 Å². The number of quaternary nitrogens is 1. The van der Waals surface area contributed by atoms with Gasteiger partial charge in [-0.05, 0) is 70.6 Å². The van der Waals surface area contributed by atoms with Crippen LogP contribution in [0.1, 0.15) is 155 Å². The Hall–Kier alpha value is -2.29. The predicted molar refractivity (Wildman–Crippen MR) is 222 cm³/mol. The summed E-state index contributed by atoms with van der Waals surface area (Å²) in [5.74, 6) is -0.869. The Morgan fingerprint density at radius 2 is 1.06 bits per heavy atom. The van der Waals surface area contributed by atoms with Crippen molar-refractivity contribution in [2.24, 2.45) is 0 Å². The SMILES string of the molecule is CC/C=C\C/C=C\C/C=C\CCCCCCCCCC(=O)OC(COC(=O)CCCCCCC/C=C\C/C=C\CCC)COP(=O)([O-])OCC[N+](C)(C)C. The molecule has 0 aliphatic heterocycles. The molecule has 0 rings (SSSR count). The number of carbonyl (C=O) groups excluding carboxylic acids is 2. The second-order valence-corrected chi connectivity index (χ2v) is 16.4. The number of esters is 2. The van der Waals surface area contributed by atoms with Gasteiger partial charge in [0.2, 0.25) is 0 Å². The third-order valence-corrected chi connectivity index (χ3v) is 9.47. The van der Waals surface area contributed by atoms with E-state index in [-0.39, 0.29) is 26.1 Å². The third-order valence-electron chi connectivity index (χ3n) is 8.50. The molecular formula is C44H78NO8P. The number of carbonyl (C=O) groups is 2. The largest absolute Gasteiger partial charge is 0.756 e. The lowest BCUT2D eigenvalue weighted by Gasteiger charge is -2.28. The number of phosphoric ester groups is 1. The highest BCUT2D eigenvalue weighted by atomic mass is 31.2. The first-order chi connectivity index (χ1) is 26.0. The minimum absolute atomic E-state index is 0.0381. The fraction of sp³-hybridized carbons (Fsp3) is 0.727. The minimum atomic E-state index is -4.63. The van der Waals surface area contributed by atoms with E-state index in [2.05, 4.69) is 74.6 Å². The summed E-state index contributed by atoms with van der Waals surface area (Å²) in [5.41, 5.74) is 0. The van der Waals surface area contributed by atoms with Gasteiger partial charge in [-0.25, -0.2) is 0 Å². The van der Waals surface area contributed by atoms with Gasteiger partial charge in [0, 0.05) is 12.8 Å². The predicted octanol–water partition coefficient (Wildman–Crippen LogP) is 11.1. The standard InChI is InChI=1S/C44H78NO8P/c1-6-8-10-12-14-16-18-20-21-22-23-25-27-29-31-33-35-37-44(47)53-42(41-52-54(48,49)51-39-38-45(3,4)5)40-50-43(46)36-34-32-30-28-26-24-19-17-15-13-11-9-7-2/h8,10-11,13-14,16-17,19-21,42H,6-7,9,12,15,18,22-41H2,1-5H3/b10-8-,13-11-,16-14-,19-17-,21-20-. The maximum absolute atomic E-state index is 12.7. The average Bonchev–Trinajstić information content (AvgIpc) is 3.12. The lowest BCUT2D eigenvalue weighted by Crippen LogP contribution is -2.37. The van der Waals surface area contributed by atoms with Crippen molar-refractivity contribution in [1.82, 2.24) is 0 Å². The van der Waals surface area contributed by atoms with E-state index in [1.165, 1.54) is 25.7 Å². The third kappa shape index (κ3) is 39.4. The van der Waals surface area contributed by atoms with E-state index in [0.29, 0.717) is 23.9 Å². The van der Waals surface area contributed by atoms with Crippen molar-refractivity contribution in [3.05, 3.63) is 60.8 Å². The first-order valence-electron chi connectivity index (χ1n) is 21.0. The van der Waals surface area contributed by atoms with Crippen molar-refractivity contribution in [3.63, 3.8) is 0 Å². The molecule has 0 aliphatic rings. The van der Waals surface area contributed by atoms with Crippen LogP contribution in [0.15, 0.2) is 60.8 Å². The van der Waals surface area contributed by atoms with E-state index in [1.807, 2.05) is 21.1 Å². The van der Waals surface area contributed by atoms with Gasteiger partial charge in [-0.15, -0.1) is 0 Å². The number of ether oxygens (including phenoxy) is 2. The van der Waals surface area contributed by atoms with Gasteiger partial charge < -0.3 is 27.9 Å². The van der Waals surface area contributed by atoms with E-state index in [4.69, 9.17) is 18.5 Å². The molecule has 2 atom stereocenters. The molecule has 0 aromatic heterocycles. The fourth-order valence-corrected chi connectivity index (χ4v) is 5.96. The Kier molecular flexibility index (Phi) is 34.8. The van der Waals surface area contributed by atoms with E-state index in [1.54, 1.807) is 0 Å².